The highest BCUT2D eigenvalue weighted by molar-refractivity contribution is 5.99. The van der Waals surface area contributed by atoms with Crippen molar-refractivity contribution in [3.63, 3.8) is 0 Å². The molecule has 7 heteroatoms. The Balaban J connectivity index is 1.82. The molecule has 0 atom stereocenters. The minimum absolute atomic E-state index is 0.118. The Bertz CT molecular complexity index is 540. The maximum absolute atomic E-state index is 12.1. The van der Waals surface area contributed by atoms with E-state index in [0.29, 0.717) is 12.1 Å². The zero-order valence-electron chi connectivity index (χ0n) is 11.4. The Morgan fingerprint density at radius 1 is 1.40 bits per heavy atom. The Morgan fingerprint density at radius 3 is 3.05 bits per heavy atom. The van der Waals surface area contributed by atoms with Gasteiger partial charge in [-0.15, -0.1) is 5.10 Å². The van der Waals surface area contributed by atoms with E-state index in [1.54, 1.807) is 35.5 Å². The molecule has 0 saturated heterocycles. The van der Waals surface area contributed by atoms with Crippen LogP contribution in [-0.2, 0) is 6.54 Å². The van der Waals surface area contributed by atoms with Crippen molar-refractivity contribution in [3.8, 4) is 0 Å². The number of carbonyl (C=O) groups is 1. The first-order valence-electron chi connectivity index (χ1n) is 6.61. The molecule has 0 aliphatic heterocycles. The van der Waals surface area contributed by atoms with Crippen LogP contribution < -0.4 is 10.6 Å². The average Bonchev–Trinajstić information content (AvgIpc) is 2.97. The van der Waals surface area contributed by atoms with Crippen LogP contribution in [0.5, 0.6) is 0 Å². The molecule has 0 fully saturated rings. The van der Waals surface area contributed by atoms with Crippen LogP contribution in [-0.4, -0.2) is 39.0 Å². The molecule has 2 aromatic heterocycles. The lowest BCUT2D eigenvalue weighted by Crippen LogP contribution is -2.26. The second-order valence-corrected chi connectivity index (χ2v) is 4.23. The van der Waals surface area contributed by atoms with E-state index in [1.807, 2.05) is 6.92 Å². The number of carbonyl (C=O) groups excluding carboxylic acids is 1. The van der Waals surface area contributed by atoms with Crippen LogP contribution in [0.3, 0.4) is 0 Å². The van der Waals surface area contributed by atoms with Crippen molar-refractivity contribution in [3.05, 3.63) is 36.4 Å². The van der Waals surface area contributed by atoms with E-state index >= 15 is 0 Å². The highest BCUT2D eigenvalue weighted by atomic mass is 16.1. The number of pyridine rings is 1. The molecule has 0 aromatic carbocycles. The average molecular weight is 274 g/mol. The van der Waals surface area contributed by atoms with E-state index in [0.717, 1.165) is 25.2 Å². The summed E-state index contributed by atoms with van der Waals surface area (Å²) < 4.78 is 1.74. The minimum atomic E-state index is -0.118. The summed E-state index contributed by atoms with van der Waals surface area (Å²) in [7, 11) is 0. The van der Waals surface area contributed by atoms with Gasteiger partial charge in [-0.1, -0.05) is 5.21 Å². The Hall–Kier alpha value is -2.44. The molecule has 7 nitrogen and oxygen atoms in total. The molecule has 20 heavy (non-hydrogen) atoms. The zero-order chi connectivity index (χ0) is 14.2. The van der Waals surface area contributed by atoms with Crippen LogP contribution in [0, 0.1) is 0 Å². The monoisotopic (exact) mass is 274 g/mol. The smallest absolute Gasteiger partial charge is 0.254 e. The topological polar surface area (TPSA) is 84.7 Å². The standard InChI is InChI=1S/C13H18N6O/c1-2-15-12-4-6-14-10-11(12)13(20)16-5-3-8-19-9-7-17-18-19/h4,6-7,9-10H,2-3,5,8H2,1H3,(H,14,15)(H,16,20). The predicted molar refractivity (Wildman–Crippen MR) is 75.4 cm³/mol. The zero-order valence-corrected chi connectivity index (χ0v) is 11.4. The van der Waals surface area contributed by atoms with Crippen molar-refractivity contribution < 1.29 is 4.79 Å². The maximum Gasteiger partial charge on any atom is 0.254 e. The number of nitrogens with one attached hydrogen (secondary N) is 2. The largest absolute Gasteiger partial charge is 0.385 e. The van der Waals surface area contributed by atoms with Crippen LogP contribution in [0.4, 0.5) is 5.69 Å². The molecule has 2 aromatic rings. The van der Waals surface area contributed by atoms with Gasteiger partial charge in [0.2, 0.25) is 0 Å². The predicted octanol–water partition coefficient (Wildman–Crippen LogP) is 0.925. The number of hydrogen-bond acceptors (Lipinski definition) is 5. The summed E-state index contributed by atoms with van der Waals surface area (Å²) >= 11 is 0. The molecule has 0 radical (unpaired) electrons. The van der Waals surface area contributed by atoms with E-state index in [1.165, 1.54) is 0 Å². The molecule has 0 saturated carbocycles. The molecule has 2 heterocycles. The molecule has 2 N–H and O–H groups in total. The number of nitrogens with zero attached hydrogens (tertiary/aromatic N) is 4. The summed E-state index contributed by atoms with van der Waals surface area (Å²) in [5, 5.41) is 13.6. The lowest BCUT2D eigenvalue weighted by atomic mass is 10.2. The minimum Gasteiger partial charge on any atom is -0.385 e. The highest BCUT2D eigenvalue weighted by Gasteiger charge is 2.10. The van der Waals surface area contributed by atoms with Gasteiger partial charge in [-0.25, -0.2) is 0 Å². The lowest BCUT2D eigenvalue weighted by molar-refractivity contribution is 0.0953. The van der Waals surface area contributed by atoms with E-state index in [4.69, 9.17) is 0 Å². The second-order valence-electron chi connectivity index (χ2n) is 4.23. The fourth-order valence-electron chi connectivity index (χ4n) is 1.81. The van der Waals surface area contributed by atoms with E-state index in [2.05, 4.69) is 25.9 Å². The van der Waals surface area contributed by atoms with Crippen molar-refractivity contribution in [2.24, 2.45) is 0 Å². The van der Waals surface area contributed by atoms with Crippen molar-refractivity contribution in [2.45, 2.75) is 19.9 Å². The van der Waals surface area contributed by atoms with Crippen molar-refractivity contribution >= 4 is 11.6 Å². The van der Waals surface area contributed by atoms with Crippen molar-refractivity contribution in [1.82, 2.24) is 25.3 Å². The molecular weight excluding hydrogens is 256 g/mol. The van der Waals surface area contributed by atoms with Gasteiger partial charge in [0.25, 0.3) is 5.91 Å². The summed E-state index contributed by atoms with van der Waals surface area (Å²) in [5.74, 6) is -0.118. The van der Waals surface area contributed by atoms with E-state index in [9.17, 15) is 4.79 Å². The number of amides is 1. The van der Waals surface area contributed by atoms with Gasteiger partial charge in [-0.2, -0.15) is 0 Å². The SMILES string of the molecule is CCNc1ccncc1C(=O)NCCCn1ccnn1. The lowest BCUT2D eigenvalue weighted by Gasteiger charge is -2.10. The van der Waals surface area contributed by atoms with Gasteiger partial charge in [0.1, 0.15) is 0 Å². The summed E-state index contributed by atoms with van der Waals surface area (Å²) in [6.07, 6.45) is 7.47. The van der Waals surface area contributed by atoms with Gasteiger partial charge in [-0.05, 0) is 19.4 Å². The van der Waals surface area contributed by atoms with Crippen molar-refractivity contribution in [2.75, 3.05) is 18.4 Å². The van der Waals surface area contributed by atoms with Gasteiger partial charge in [0.05, 0.1) is 17.4 Å². The first-order valence-corrected chi connectivity index (χ1v) is 6.61. The first-order chi connectivity index (χ1) is 9.81. The number of aromatic nitrogens is 4. The molecule has 0 bridgehead atoms. The van der Waals surface area contributed by atoms with Crippen LogP contribution in [0.15, 0.2) is 30.9 Å². The Kier molecular flexibility index (Phi) is 5.05. The number of hydrogen-bond donors (Lipinski definition) is 2. The molecular formula is C13H18N6O. The first kappa shape index (κ1) is 14.0. The fourth-order valence-corrected chi connectivity index (χ4v) is 1.81. The Labute approximate surface area is 117 Å². The van der Waals surface area contributed by atoms with E-state index in [-0.39, 0.29) is 5.91 Å². The second kappa shape index (κ2) is 7.22. The van der Waals surface area contributed by atoms with Gasteiger partial charge in [0.15, 0.2) is 0 Å². The molecule has 106 valence electrons. The third-order valence-electron chi connectivity index (χ3n) is 2.75. The Morgan fingerprint density at radius 2 is 2.30 bits per heavy atom. The van der Waals surface area contributed by atoms with Crippen LogP contribution in [0.25, 0.3) is 0 Å². The molecule has 2 rings (SSSR count). The fraction of sp³-hybridized carbons (Fsp3) is 0.385. The van der Waals surface area contributed by atoms with Gasteiger partial charge >= 0.3 is 0 Å². The van der Waals surface area contributed by atoms with Gasteiger partial charge < -0.3 is 10.6 Å². The quantitative estimate of drug-likeness (QED) is 0.734. The van der Waals surface area contributed by atoms with Crippen LogP contribution in [0.1, 0.15) is 23.7 Å². The summed E-state index contributed by atoms with van der Waals surface area (Å²) in [6, 6.07) is 1.80. The van der Waals surface area contributed by atoms with Gasteiger partial charge in [0, 0.05) is 38.2 Å². The molecule has 0 unspecified atom stereocenters. The third-order valence-corrected chi connectivity index (χ3v) is 2.75. The molecule has 1 amide bonds. The summed E-state index contributed by atoms with van der Waals surface area (Å²) in [5.41, 5.74) is 1.37. The van der Waals surface area contributed by atoms with E-state index < -0.39 is 0 Å². The van der Waals surface area contributed by atoms with Crippen LogP contribution >= 0.6 is 0 Å². The molecule has 0 aliphatic rings. The van der Waals surface area contributed by atoms with Crippen molar-refractivity contribution in [1.29, 1.82) is 0 Å². The number of anilines is 1. The third kappa shape index (κ3) is 3.78. The molecule has 0 spiro atoms. The van der Waals surface area contributed by atoms with Gasteiger partial charge in [-0.3, -0.25) is 14.5 Å². The molecule has 0 aliphatic carbocycles. The van der Waals surface area contributed by atoms with Crippen LogP contribution in [0.2, 0.25) is 0 Å². The summed E-state index contributed by atoms with van der Waals surface area (Å²) in [4.78, 5) is 16.1. The highest BCUT2D eigenvalue weighted by Crippen LogP contribution is 2.12. The summed E-state index contributed by atoms with van der Waals surface area (Å²) in [6.45, 7) is 4.06. The number of rotatable bonds is 7. The maximum atomic E-state index is 12.1. The number of aryl methyl sites for hydroxylation is 1. The normalized spacial score (nSPS) is 10.2.